The van der Waals surface area contributed by atoms with E-state index in [1.165, 1.54) is 11.3 Å². The third-order valence-corrected chi connectivity index (χ3v) is 4.60. The minimum Gasteiger partial charge on any atom is -0.339 e. The Bertz CT molecular complexity index is 468. The number of nitrogens with zero attached hydrogens (tertiary/aromatic N) is 2. The van der Waals surface area contributed by atoms with Crippen LogP contribution >= 0.6 is 23.7 Å². The van der Waals surface area contributed by atoms with Gasteiger partial charge in [-0.05, 0) is 11.4 Å². The Kier molecular flexibility index (Phi) is 5.01. The van der Waals surface area contributed by atoms with Crippen LogP contribution in [-0.2, 0) is 4.79 Å². The van der Waals surface area contributed by atoms with Crippen molar-refractivity contribution in [3.8, 4) is 0 Å². The van der Waals surface area contributed by atoms with Gasteiger partial charge in [0.2, 0.25) is 5.91 Å². The van der Waals surface area contributed by atoms with Crippen molar-refractivity contribution in [2.45, 2.75) is 0 Å². The first-order chi connectivity index (χ1) is 9.25. The van der Waals surface area contributed by atoms with E-state index < -0.39 is 0 Å². The minimum absolute atomic E-state index is 0. The zero-order valence-electron chi connectivity index (χ0n) is 11.1. The van der Waals surface area contributed by atoms with Crippen molar-refractivity contribution in [1.29, 1.82) is 0 Å². The van der Waals surface area contributed by atoms with Crippen LogP contribution in [0.25, 0.3) is 0 Å². The maximum Gasteiger partial charge on any atom is 0.264 e. The highest BCUT2D eigenvalue weighted by Gasteiger charge is 2.32. The summed E-state index contributed by atoms with van der Waals surface area (Å²) in [7, 11) is 0. The van der Waals surface area contributed by atoms with Gasteiger partial charge >= 0.3 is 0 Å². The molecule has 0 aromatic carbocycles. The van der Waals surface area contributed by atoms with E-state index in [1.807, 2.05) is 27.3 Å². The third kappa shape index (κ3) is 2.97. The molecule has 2 saturated heterocycles. The smallest absolute Gasteiger partial charge is 0.264 e. The van der Waals surface area contributed by atoms with Crippen LogP contribution in [0.5, 0.6) is 0 Å². The molecule has 0 aliphatic carbocycles. The zero-order chi connectivity index (χ0) is 13.2. The Morgan fingerprint density at radius 1 is 1.15 bits per heavy atom. The molecule has 110 valence electrons. The van der Waals surface area contributed by atoms with E-state index in [0.29, 0.717) is 26.2 Å². The van der Waals surface area contributed by atoms with Gasteiger partial charge in [-0.15, -0.1) is 23.7 Å². The van der Waals surface area contributed by atoms with Crippen molar-refractivity contribution < 1.29 is 9.59 Å². The van der Waals surface area contributed by atoms with Crippen molar-refractivity contribution >= 4 is 35.6 Å². The molecule has 2 amide bonds. The Labute approximate surface area is 128 Å². The average molecular weight is 316 g/mol. The van der Waals surface area contributed by atoms with Gasteiger partial charge in [-0.2, -0.15) is 0 Å². The topological polar surface area (TPSA) is 52.7 Å². The van der Waals surface area contributed by atoms with Gasteiger partial charge < -0.3 is 15.1 Å². The Morgan fingerprint density at radius 2 is 1.80 bits per heavy atom. The van der Waals surface area contributed by atoms with Crippen LogP contribution in [-0.4, -0.2) is 60.9 Å². The quantitative estimate of drug-likeness (QED) is 0.873. The molecule has 0 atom stereocenters. The van der Waals surface area contributed by atoms with Crippen molar-refractivity contribution in [3.05, 3.63) is 22.4 Å². The van der Waals surface area contributed by atoms with E-state index in [-0.39, 0.29) is 30.1 Å². The highest BCUT2D eigenvalue weighted by Crippen LogP contribution is 2.15. The average Bonchev–Trinajstić information content (AvgIpc) is 2.90. The van der Waals surface area contributed by atoms with Gasteiger partial charge in [-0.25, -0.2) is 0 Å². The van der Waals surface area contributed by atoms with E-state index in [9.17, 15) is 9.59 Å². The first-order valence-corrected chi connectivity index (χ1v) is 7.46. The van der Waals surface area contributed by atoms with Crippen LogP contribution in [0.1, 0.15) is 9.67 Å². The molecule has 2 aliphatic heterocycles. The molecule has 1 aromatic heterocycles. The van der Waals surface area contributed by atoms with E-state index in [0.717, 1.165) is 18.0 Å². The van der Waals surface area contributed by atoms with Crippen molar-refractivity contribution in [2.75, 3.05) is 39.3 Å². The fourth-order valence-corrected chi connectivity index (χ4v) is 3.10. The van der Waals surface area contributed by atoms with Gasteiger partial charge in [0, 0.05) is 39.3 Å². The summed E-state index contributed by atoms with van der Waals surface area (Å²) >= 11 is 1.47. The van der Waals surface area contributed by atoms with Crippen LogP contribution in [0.15, 0.2) is 17.5 Å². The lowest BCUT2D eigenvalue weighted by molar-refractivity contribution is -0.138. The van der Waals surface area contributed by atoms with Gasteiger partial charge in [-0.1, -0.05) is 6.07 Å². The predicted molar refractivity (Wildman–Crippen MR) is 80.4 cm³/mol. The molecule has 3 rings (SSSR count). The molecule has 7 heteroatoms. The summed E-state index contributed by atoms with van der Waals surface area (Å²) < 4.78 is 0. The highest BCUT2D eigenvalue weighted by atomic mass is 35.5. The van der Waals surface area contributed by atoms with Crippen molar-refractivity contribution in [3.63, 3.8) is 0 Å². The molecule has 0 bridgehead atoms. The molecule has 0 radical (unpaired) electrons. The number of amides is 2. The largest absolute Gasteiger partial charge is 0.339 e. The van der Waals surface area contributed by atoms with Crippen LogP contribution in [0.2, 0.25) is 0 Å². The second kappa shape index (κ2) is 6.56. The fourth-order valence-electron chi connectivity index (χ4n) is 2.41. The molecule has 2 aliphatic rings. The predicted octanol–water partition coefficient (Wildman–Crippen LogP) is 0.674. The first kappa shape index (κ1) is 15.3. The molecule has 2 fully saturated rings. The molecule has 0 saturated carbocycles. The Balaban J connectivity index is 0.00000147. The Morgan fingerprint density at radius 3 is 2.30 bits per heavy atom. The summed E-state index contributed by atoms with van der Waals surface area (Å²) in [5.74, 6) is 0.480. The lowest BCUT2D eigenvalue weighted by Gasteiger charge is -2.38. The van der Waals surface area contributed by atoms with E-state index >= 15 is 0 Å². The second-order valence-electron chi connectivity index (χ2n) is 4.95. The summed E-state index contributed by atoms with van der Waals surface area (Å²) in [6, 6.07) is 3.74. The molecule has 20 heavy (non-hydrogen) atoms. The van der Waals surface area contributed by atoms with Crippen molar-refractivity contribution in [2.24, 2.45) is 5.92 Å². The number of carbonyl (C=O) groups is 2. The van der Waals surface area contributed by atoms with E-state index in [4.69, 9.17) is 0 Å². The summed E-state index contributed by atoms with van der Waals surface area (Å²) in [6.07, 6.45) is 0. The standard InChI is InChI=1S/C13H17N3O2S.ClH/c17-12(10-8-14-9-10)15-3-5-16(6-4-15)13(18)11-2-1-7-19-11;/h1-2,7,10,14H,3-6,8-9H2;1H. The number of halogens is 1. The number of thiophene rings is 1. The number of carbonyl (C=O) groups excluding carboxylic acids is 2. The summed E-state index contributed by atoms with van der Waals surface area (Å²) in [5.41, 5.74) is 0. The Hall–Kier alpha value is -1.11. The SMILES string of the molecule is Cl.O=C(c1cccs1)N1CCN(C(=O)C2CNC2)CC1. The number of hydrogen-bond donors (Lipinski definition) is 1. The molecule has 0 spiro atoms. The van der Waals surface area contributed by atoms with E-state index in [2.05, 4.69) is 5.32 Å². The lowest BCUT2D eigenvalue weighted by Crippen LogP contribution is -2.57. The van der Waals surface area contributed by atoms with Crippen LogP contribution in [0.4, 0.5) is 0 Å². The van der Waals surface area contributed by atoms with Gasteiger partial charge in [-0.3, -0.25) is 9.59 Å². The van der Waals surface area contributed by atoms with Gasteiger partial charge in [0.05, 0.1) is 10.8 Å². The van der Waals surface area contributed by atoms with E-state index in [1.54, 1.807) is 0 Å². The van der Waals surface area contributed by atoms with Gasteiger partial charge in [0.15, 0.2) is 0 Å². The third-order valence-electron chi connectivity index (χ3n) is 3.74. The number of nitrogens with one attached hydrogen (secondary N) is 1. The van der Waals surface area contributed by atoms with Crippen LogP contribution in [0.3, 0.4) is 0 Å². The van der Waals surface area contributed by atoms with Gasteiger partial charge in [0.25, 0.3) is 5.91 Å². The molecule has 1 N–H and O–H groups in total. The molecule has 0 unspecified atom stereocenters. The van der Waals surface area contributed by atoms with Crippen molar-refractivity contribution in [1.82, 2.24) is 15.1 Å². The van der Waals surface area contributed by atoms with Crippen LogP contribution < -0.4 is 5.32 Å². The first-order valence-electron chi connectivity index (χ1n) is 6.58. The minimum atomic E-state index is 0. The van der Waals surface area contributed by atoms with Crippen LogP contribution in [0, 0.1) is 5.92 Å². The lowest BCUT2D eigenvalue weighted by atomic mass is 10.0. The summed E-state index contributed by atoms with van der Waals surface area (Å²) in [6.45, 7) is 4.20. The molecule has 1 aromatic rings. The molecule has 3 heterocycles. The summed E-state index contributed by atoms with van der Waals surface area (Å²) in [4.78, 5) is 28.7. The normalized spacial score (nSPS) is 19.2. The molecule has 5 nitrogen and oxygen atoms in total. The number of rotatable bonds is 2. The second-order valence-corrected chi connectivity index (χ2v) is 5.90. The van der Waals surface area contributed by atoms with Gasteiger partial charge in [0.1, 0.15) is 0 Å². The highest BCUT2D eigenvalue weighted by molar-refractivity contribution is 7.12. The monoisotopic (exact) mass is 315 g/mol. The number of piperazine rings is 1. The maximum absolute atomic E-state index is 12.2. The zero-order valence-corrected chi connectivity index (χ0v) is 12.7. The summed E-state index contributed by atoms with van der Waals surface area (Å²) in [5, 5.41) is 5.03. The molecular formula is C13H18ClN3O2S. The molecular weight excluding hydrogens is 298 g/mol. The maximum atomic E-state index is 12.2. The fraction of sp³-hybridized carbons (Fsp3) is 0.538. The number of hydrogen-bond acceptors (Lipinski definition) is 4.